The summed E-state index contributed by atoms with van der Waals surface area (Å²) < 4.78 is 45.5. The lowest BCUT2D eigenvalue weighted by Crippen LogP contribution is -2.52. The van der Waals surface area contributed by atoms with E-state index < -0.39 is 28.5 Å². The highest BCUT2D eigenvalue weighted by Crippen LogP contribution is 2.33. The Hall–Kier alpha value is -4.25. The van der Waals surface area contributed by atoms with Crippen LogP contribution in [0.1, 0.15) is 32.8 Å². The molecule has 0 aliphatic carbocycles. The molecule has 1 N–H and O–H groups in total. The van der Waals surface area contributed by atoms with Crippen LogP contribution in [0.5, 0.6) is 17.2 Å². The number of nitrogens with one attached hydrogen (secondary N) is 1. The Kier molecular flexibility index (Phi) is 12.2. The zero-order chi connectivity index (χ0) is 31.4. The molecule has 232 valence electrons. The molecule has 0 fully saturated rings. The van der Waals surface area contributed by atoms with Gasteiger partial charge in [-0.2, -0.15) is 0 Å². The first kappa shape index (κ1) is 33.3. The first-order valence-corrected chi connectivity index (χ1v) is 15.7. The van der Waals surface area contributed by atoms with Crippen LogP contribution < -0.4 is 23.8 Å². The Bertz CT molecular complexity index is 1450. The zero-order valence-corrected chi connectivity index (χ0v) is 26.2. The van der Waals surface area contributed by atoms with E-state index in [1.807, 2.05) is 44.2 Å². The number of methoxy groups -OCH3 is 2. The molecule has 0 radical (unpaired) electrons. The third kappa shape index (κ3) is 8.63. The molecule has 0 aliphatic rings. The van der Waals surface area contributed by atoms with Gasteiger partial charge in [0.15, 0.2) is 11.5 Å². The molecule has 43 heavy (non-hydrogen) atoms. The third-order valence-corrected chi connectivity index (χ3v) is 8.63. The number of nitrogens with zero attached hydrogens (tertiary/aromatic N) is 2. The quantitative estimate of drug-likeness (QED) is 0.257. The zero-order valence-electron chi connectivity index (χ0n) is 25.4. The van der Waals surface area contributed by atoms with Gasteiger partial charge in [0.2, 0.25) is 11.8 Å². The Labute approximate surface area is 254 Å². The van der Waals surface area contributed by atoms with Gasteiger partial charge in [0, 0.05) is 19.2 Å². The molecule has 10 nitrogen and oxygen atoms in total. The number of rotatable bonds is 16. The summed E-state index contributed by atoms with van der Waals surface area (Å²) in [5.41, 5.74) is 1.25. The molecule has 0 saturated heterocycles. The average molecular weight is 612 g/mol. The minimum absolute atomic E-state index is 0.0867. The smallest absolute Gasteiger partial charge is 0.264 e. The Morgan fingerprint density at radius 2 is 1.58 bits per heavy atom. The van der Waals surface area contributed by atoms with E-state index in [0.29, 0.717) is 31.1 Å². The SMILES string of the molecule is CCCNC(=O)[C@H](C)N(CCc1ccccc1)C(=O)CN(c1ccc(OCC)cc1)S(=O)(=O)c1ccc(OC)c(OC)c1. The number of hydrogen-bond donors (Lipinski definition) is 1. The fourth-order valence-corrected chi connectivity index (χ4v) is 5.90. The number of sulfonamides is 1. The summed E-state index contributed by atoms with van der Waals surface area (Å²) >= 11 is 0. The van der Waals surface area contributed by atoms with Crippen molar-refractivity contribution in [3.05, 3.63) is 78.4 Å². The molecular formula is C32H41N3O7S. The van der Waals surface area contributed by atoms with Gasteiger partial charge in [0.1, 0.15) is 18.3 Å². The monoisotopic (exact) mass is 611 g/mol. The van der Waals surface area contributed by atoms with Crippen molar-refractivity contribution >= 4 is 27.5 Å². The molecule has 0 aliphatic heterocycles. The summed E-state index contributed by atoms with van der Waals surface area (Å²) in [6.07, 6.45) is 1.23. The van der Waals surface area contributed by atoms with E-state index in [4.69, 9.17) is 14.2 Å². The molecule has 3 rings (SSSR count). The molecule has 0 saturated carbocycles. The third-order valence-electron chi connectivity index (χ3n) is 6.86. The van der Waals surface area contributed by atoms with Crippen LogP contribution in [-0.2, 0) is 26.0 Å². The van der Waals surface area contributed by atoms with Crippen LogP contribution in [0.4, 0.5) is 5.69 Å². The van der Waals surface area contributed by atoms with Gasteiger partial charge in [-0.3, -0.25) is 13.9 Å². The molecule has 3 aromatic rings. The highest BCUT2D eigenvalue weighted by molar-refractivity contribution is 7.92. The Morgan fingerprint density at radius 1 is 0.907 bits per heavy atom. The number of anilines is 1. The summed E-state index contributed by atoms with van der Waals surface area (Å²) in [5, 5.41) is 2.84. The maximum Gasteiger partial charge on any atom is 0.264 e. The van der Waals surface area contributed by atoms with Crippen LogP contribution in [0, 0.1) is 0 Å². The van der Waals surface area contributed by atoms with Crippen molar-refractivity contribution in [3.8, 4) is 17.2 Å². The summed E-state index contributed by atoms with van der Waals surface area (Å²) in [6, 6.07) is 19.5. The van der Waals surface area contributed by atoms with E-state index in [-0.39, 0.29) is 28.8 Å². The minimum atomic E-state index is -4.28. The number of benzene rings is 3. The van der Waals surface area contributed by atoms with Crippen LogP contribution in [-0.4, -0.2) is 71.6 Å². The Balaban J connectivity index is 2.02. The molecule has 0 spiro atoms. The van der Waals surface area contributed by atoms with Crippen molar-refractivity contribution in [1.82, 2.24) is 10.2 Å². The number of carbonyl (C=O) groups excluding carboxylic acids is 2. The van der Waals surface area contributed by atoms with E-state index in [1.165, 1.54) is 37.3 Å². The molecule has 2 amide bonds. The highest BCUT2D eigenvalue weighted by Gasteiger charge is 2.33. The summed E-state index contributed by atoms with van der Waals surface area (Å²) in [5.74, 6) is 0.329. The molecule has 0 aromatic heterocycles. The van der Waals surface area contributed by atoms with Crippen molar-refractivity contribution < 1.29 is 32.2 Å². The van der Waals surface area contributed by atoms with E-state index >= 15 is 0 Å². The molecule has 0 bridgehead atoms. The van der Waals surface area contributed by atoms with Gasteiger partial charge in [-0.15, -0.1) is 0 Å². The van der Waals surface area contributed by atoms with E-state index in [1.54, 1.807) is 31.2 Å². The molecule has 11 heteroatoms. The number of ether oxygens (including phenoxy) is 3. The van der Waals surface area contributed by atoms with Crippen molar-refractivity contribution in [3.63, 3.8) is 0 Å². The van der Waals surface area contributed by atoms with Crippen LogP contribution in [0.3, 0.4) is 0 Å². The lowest BCUT2D eigenvalue weighted by molar-refractivity contribution is -0.138. The number of hydrogen-bond acceptors (Lipinski definition) is 7. The molecule has 3 aromatic carbocycles. The normalized spacial score (nSPS) is 11.7. The van der Waals surface area contributed by atoms with Gasteiger partial charge in [-0.1, -0.05) is 37.3 Å². The van der Waals surface area contributed by atoms with Gasteiger partial charge in [-0.25, -0.2) is 8.42 Å². The standard InChI is InChI=1S/C32H41N3O7S/c1-6-20-33-32(37)24(3)34(21-19-25-11-9-8-10-12-25)31(36)23-35(26-13-15-27(16-14-26)42-7-2)43(38,39)28-17-18-29(40-4)30(22-28)41-5/h8-18,22,24H,6-7,19-21,23H2,1-5H3,(H,33,37)/t24-/m0/s1. The fourth-order valence-electron chi connectivity index (χ4n) is 4.47. The lowest BCUT2D eigenvalue weighted by Gasteiger charge is -2.32. The van der Waals surface area contributed by atoms with Gasteiger partial charge in [0.25, 0.3) is 10.0 Å². The van der Waals surface area contributed by atoms with Crippen LogP contribution in [0.2, 0.25) is 0 Å². The van der Waals surface area contributed by atoms with Gasteiger partial charge in [0.05, 0.1) is 31.4 Å². The largest absolute Gasteiger partial charge is 0.494 e. The first-order chi connectivity index (χ1) is 20.7. The van der Waals surface area contributed by atoms with Gasteiger partial charge < -0.3 is 24.4 Å². The predicted octanol–water partition coefficient (Wildman–Crippen LogP) is 4.28. The van der Waals surface area contributed by atoms with E-state index in [2.05, 4.69) is 5.32 Å². The second kappa shape index (κ2) is 15.8. The van der Waals surface area contributed by atoms with Crippen molar-refractivity contribution in [2.24, 2.45) is 0 Å². The summed E-state index contributed by atoms with van der Waals surface area (Å²) in [7, 11) is -1.41. The van der Waals surface area contributed by atoms with Crippen LogP contribution in [0.25, 0.3) is 0 Å². The summed E-state index contributed by atoms with van der Waals surface area (Å²) in [6.45, 7) is 6.04. The maximum atomic E-state index is 14.1. The van der Waals surface area contributed by atoms with E-state index in [9.17, 15) is 18.0 Å². The maximum absolute atomic E-state index is 14.1. The van der Waals surface area contributed by atoms with Crippen molar-refractivity contribution in [2.45, 2.75) is 44.6 Å². The lowest BCUT2D eigenvalue weighted by atomic mass is 10.1. The van der Waals surface area contributed by atoms with Gasteiger partial charge >= 0.3 is 0 Å². The predicted molar refractivity (Wildman–Crippen MR) is 166 cm³/mol. The molecule has 0 unspecified atom stereocenters. The fraction of sp³-hybridized carbons (Fsp3) is 0.375. The summed E-state index contributed by atoms with van der Waals surface area (Å²) in [4.78, 5) is 28.3. The minimum Gasteiger partial charge on any atom is -0.494 e. The molecule has 1 atom stereocenters. The number of carbonyl (C=O) groups is 2. The van der Waals surface area contributed by atoms with Crippen molar-refractivity contribution in [2.75, 3.05) is 44.8 Å². The molecule has 0 heterocycles. The number of amides is 2. The highest BCUT2D eigenvalue weighted by atomic mass is 32.2. The van der Waals surface area contributed by atoms with E-state index in [0.717, 1.165) is 16.3 Å². The van der Waals surface area contributed by atoms with Crippen molar-refractivity contribution in [1.29, 1.82) is 0 Å². The van der Waals surface area contributed by atoms with Crippen LogP contribution in [0.15, 0.2) is 77.7 Å². The second-order valence-electron chi connectivity index (χ2n) is 9.75. The first-order valence-electron chi connectivity index (χ1n) is 14.2. The second-order valence-corrected chi connectivity index (χ2v) is 11.6. The van der Waals surface area contributed by atoms with Crippen LogP contribution >= 0.6 is 0 Å². The topological polar surface area (TPSA) is 114 Å². The molecular weight excluding hydrogens is 570 g/mol. The Morgan fingerprint density at radius 3 is 2.19 bits per heavy atom. The average Bonchev–Trinajstić information content (AvgIpc) is 3.03. The van der Waals surface area contributed by atoms with Gasteiger partial charge in [-0.05, 0) is 68.7 Å².